The van der Waals surface area contributed by atoms with E-state index < -0.39 is 4.84 Å². The van der Waals surface area contributed by atoms with Gasteiger partial charge in [0.25, 0.3) is 5.91 Å². The number of amides is 2. The third-order valence-electron chi connectivity index (χ3n) is 3.59. The van der Waals surface area contributed by atoms with Gasteiger partial charge in [-0.05, 0) is 18.4 Å². The fourth-order valence-electron chi connectivity index (χ4n) is 2.42. The second kappa shape index (κ2) is 7.66. The van der Waals surface area contributed by atoms with Gasteiger partial charge in [0.05, 0.1) is 6.42 Å². The Hall–Kier alpha value is -1.26. The first-order chi connectivity index (χ1) is 10.1. The normalized spacial score (nSPS) is 16.0. The van der Waals surface area contributed by atoms with E-state index in [1.165, 1.54) is 0 Å². The highest BCUT2D eigenvalue weighted by molar-refractivity contribution is 6.53. The van der Waals surface area contributed by atoms with E-state index in [1.807, 2.05) is 35.2 Å². The number of nitrogens with zero attached hydrogens (tertiary/aromatic N) is 1. The lowest BCUT2D eigenvalue weighted by molar-refractivity contribution is -0.131. The summed E-state index contributed by atoms with van der Waals surface area (Å²) in [5.41, 5.74) is 1.02. The molecule has 114 valence electrons. The number of likely N-dealkylation sites (tertiary alicyclic amines) is 1. The monoisotopic (exact) mass is 328 g/mol. The molecular weight excluding hydrogens is 311 g/mol. The summed E-state index contributed by atoms with van der Waals surface area (Å²) >= 11 is 11.0. The number of hydrogen-bond acceptors (Lipinski definition) is 2. The summed E-state index contributed by atoms with van der Waals surface area (Å²) in [7, 11) is 0. The maximum atomic E-state index is 12.2. The minimum atomic E-state index is -1.04. The van der Waals surface area contributed by atoms with E-state index in [0.717, 1.165) is 18.4 Å². The molecule has 6 heteroatoms. The summed E-state index contributed by atoms with van der Waals surface area (Å²) < 4.78 is 0. The van der Waals surface area contributed by atoms with E-state index in [9.17, 15) is 9.59 Å². The Morgan fingerprint density at radius 1 is 1.19 bits per heavy atom. The molecule has 4 nitrogen and oxygen atoms in total. The Labute approximate surface area is 134 Å². The lowest BCUT2D eigenvalue weighted by Gasteiger charge is -2.32. The number of benzene rings is 1. The van der Waals surface area contributed by atoms with Crippen LogP contribution >= 0.6 is 23.2 Å². The van der Waals surface area contributed by atoms with Gasteiger partial charge in [-0.1, -0.05) is 53.5 Å². The fourth-order valence-corrected chi connectivity index (χ4v) is 2.55. The highest BCUT2D eigenvalue weighted by atomic mass is 35.5. The quantitative estimate of drug-likeness (QED) is 0.861. The lowest BCUT2D eigenvalue weighted by Crippen LogP contribution is -2.47. The van der Waals surface area contributed by atoms with Gasteiger partial charge >= 0.3 is 0 Å². The molecule has 2 amide bonds. The molecule has 2 rings (SSSR count). The van der Waals surface area contributed by atoms with Crippen LogP contribution in [0.4, 0.5) is 0 Å². The zero-order valence-electron chi connectivity index (χ0n) is 11.6. The Bertz CT molecular complexity index is 486. The molecule has 1 heterocycles. The number of piperidine rings is 1. The number of carbonyl (C=O) groups excluding carboxylic acids is 2. The van der Waals surface area contributed by atoms with Crippen LogP contribution in [-0.2, 0) is 16.0 Å². The fraction of sp³-hybridized carbons (Fsp3) is 0.467. The van der Waals surface area contributed by atoms with Crippen LogP contribution in [0, 0.1) is 0 Å². The van der Waals surface area contributed by atoms with Gasteiger partial charge in [-0.3, -0.25) is 9.59 Å². The summed E-state index contributed by atoms with van der Waals surface area (Å²) in [5.74, 6) is -0.245. The van der Waals surface area contributed by atoms with Crippen molar-refractivity contribution in [2.75, 3.05) is 13.1 Å². The number of nitrogens with one attached hydrogen (secondary N) is 1. The second-order valence-corrected chi connectivity index (χ2v) is 6.22. The SMILES string of the molecule is O=C(NC1CCN(C(=O)Cc2ccccc2)CC1)C(Cl)Cl. The molecule has 1 aromatic rings. The number of carbonyl (C=O) groups is 2. The van der Waals surface area contributed by atoms with Gasteiger partial charge in [-0.2, -0.15) is 0 Å². The van der Waals surface area contributed by atoms with Gasteiger partial charge in [-0.25, -0.2) is 0 Å². The molecule has 21 heavy (non-hydrogen) atoms. The number of hydrogen-bond donors (Lipinski definition) is 1. The van der Waals surface area contributed by atoms with Gasteiger partial charge in [0.1, 0.15) is 0 Å². The van der Waals surface area contributed by atoms with E-state index in [0.29, 0.717) is 19.5 Å². The summed E-state index contributed by atoms with van der Waals surface area (Å²) in [6.07, 6.45) is 1.88. The maximum Gasteiger partial charge on any atom is 0.253 e. The highest BCUT2D eigenvalue weighted by Gasteiger charge is 2.25. The molecule has 0 radical (unpaired) electrons. The first-order valence-electron chi connectivity index (χ1n) is 6.96. The molecule has 0 bridgehead atoms. The van der Waals surface area contributed by atoms with Crippen molar-refractivity contribution in [1.29, 1.82) is 0 Å². The zero-order valence-corrected chi connectivity index (χ0v) is 13.1. The van der Waals surface area contributed by atoms with Crippen LogP contribution in [0.1, 0.15) is 18.4 Å². The number of alkyl halides is 2. The second-order valence-electron chi connectivity index (χ2n) is 5.13. The first-order valence-corrected chi connectivity index (χ1v) is 7.84. The van der Waals surface area contributed by atoms with Crippen LogP contribution in [0.3, 0.4) is 0 Å². The summed E-state index contributed by atoms with van der Waals surface area (Å²) in [6.45, 7) is 1.29. The van der Waals surface area contributed by atoms with Gasteiger partial charge in [-0.15, -0.1) is 0 Å². The summed E-state index contributed by atoms with van der Waals surface area (Å²) in [5, 5.41) is 2.79. The summed E-state index contributed by atoms with van der Waals surface area (Å²) in [4.78, 5) is 24.4. The molecule has 1 aliphatic heterocycles. The topological polar surface area (TPSA) is 49.4 Å². The molecule has 0 spiro atoms. The molecule has 1 aromatic carbocycles. The van der Waals surface area contributed by atoms with E-state index in [1.54, 1.807) is 0 Å². The molecule has 0 unspecified atom stereocenters. The van der Waals surface area contributed by atoms with Crippen LogP contribution in [-0.4, -0.2) is 40.7 Å². The maximum absolute atomic E-state index is 12.2. The minimum absolute atomic E-state index is 0.0401. The average Bonchev–Trinajstić information content (AvgIpc) is 2.48. The van der Waals surface area contributed by atoms with Crippen LogP contribution in [0.25, 0.3) is 0 Å². The standard InChI is InChI=1S/C15H18Cl2N2O2/c16-14(17)15(21)18-12-6-8-19(9-7-12)13(20)10-11-4-2-1-3-5-11/h1-5,12,14H,6-10H2,(H,18,21). The van der Waals surface area contributed by atoms with Crippen LogP contribution < -0.4 is 5.32 Å². The Morgan fingerprint density at radius 2 is 1.81 bits per heavy atom. The predicted molar refractivity (Wildman–Crippen MR) is 83.4 cm³/mol. The van der Waals surface area contributed by atoms with E-state index in [2.05, 4.69) is 5.32 Å². The Morgan fingerprint density at radius 3 is 2.38 bits per heavy atom. The van der Waals surface area contributed by atoms with Gasteiger partial charge in [0, 0.05) is 19.1 Å². The molecule has 0 aliphatic carbocycles. The molecular formula is C15H18Cl2N2O2. The largest absolute Gasteiger partial charge is 0.351 e. The van der Waals surface area contributed by atoms with Gasteiger partial charge < -0.3 is 10.2 Å². The lowest BCUT2D eigenvalue weighted by atomic mass is 10.0. The van der Waals surface area contributed by atoms with Crippen molar-refractivity contribution < 1.29 is 9.59 Å². The Kier molecular flexibility index (Phi) is 5.88. The van der Waals surface area contributed by atoms with Crippen molar-refractivity contribution in [3.05, 3.63) is 35.9 Å². The van der Waals surface area contributed by atoms with Crippen molar-refractivity contribution in [3.8, 4) is 0 Å². The average molecular weight is 329 g/mol. The van der Waals surface area contributed by atoms with Crippen LogP contribution in [0.5, 0.6) is 0 Å². The summed E-state index contributed by atoms with van der Waals surface area (Å²) in [6, 6.07) is 9.73. The molecule has 0 aromatic heterocycles. The smallest absolute Gasteiger partial charge is 0.253 e. The highest BCUT2D eigenvalue weighted by Crippen LogP contribution is 2.13. The van der Waals surface area contributed by atoms with Crippen molar-refractivity contribution >= 4 is 35.0 Å². The van der Waals surface area contributed by atoms with E-state index in [4.69, 9.17) is 23.2 Å². The van der Waals surface area contributed by atoms with Crippen LogP contribution in [0.2, 0.25) is 0 Å². The molecule has 0 atom stereocenters. The molecule has 1 fully saturated rings. The molecule has 1 aliphatic rings. The van der Waals surface area contributed by atoms with Crippen molar-refractivity contribution in [3.63, 3.8) is 0 Å². The van der Waals surface area contributed by atoms with Crippen LogP contribution in [0.15, 0.2) is 30.3 Å². The molecule has 1 saturated heterocycles. The predicted octanol–water partition coefficient (Wildman–Crippen LogP) is 2.14. The Balaban J connectivity index is 1.78. The first kappa shape index (κ1) is 16.1. The van der Waals surface area contributed by atoms with Crippen molar-refractivity contribution in [2.45, 2.75) is 30.1 Å². The molecule has 1 N–H and O–H groups in total. The molecule has 0 saturated carbocycles. The van der Waals surface area contributed by atoms with Crippen molar-refractivity contribution in [2.24, 2.45) is 0 Å². The number of halogens is 2. The van der Waals surface area contributed by atoms with Crippen molar-refractivity contribution in [1.82, 2.24) is 10.2 Å². The number of rotatable bonds is 4. The van der Waals surface area contributed by atoms with E-state index in [-0.39, 0.29) is 17.9 Å². The third kappa shape index (κ3) is 4.90. The van der Waals surface area contributed by atoms with E-state index >= 15 is 0 Å². The zero-order chi connectivity index (χ0) is 15.2. The van der Waals surface area contributed by atoms with Gasteiger partial charge in [0.15, 0.2) is 4.84 Å². The minimum Gasteiger partial charge on any atom is -0.351 e. The van der Waals surface area contributed by atoms with Gasteiger partial charge in [0.2, 0.25) is 5.91 Å². The third-order valence-corrected chi connectivity index (χ3v) is 3.99.